The van der Waals surface area contributed by atoms with E-state index >= 15 is 0 Å². The van der Waals surface area contributed by atoms with Crippen LogP contribution in [0.25, 0.3) is 17.1 Å². The molecule has 1 aliphatic rings. The number of pyridine rings is 1. The molecule has 3 aromatic rings. The Morgan fingerprint density at radius 1 is 1.13 bits per heavy atom. The summed E-state index contributed by atoms with van der Waals surface area (Å²) in [7, 11) is 0. The number of aromatic nitrogens is 4. The highest BCUT2D eigenvalue weighted by atomic mass is 16.2. The summed E-state index contributed by atoms with van der Waals surface area (Å²) in [6, 6.07) is 13.0. The molecular formula is C22H23N7O. The number of hydrogen-bond donors (Lipinski definition) is 2. The van der Waals surface area contributed by atoms with Crippen LogP contribution in [-0.4, -0.2) is 38.5 Å². The maximum atomic E-state index is 12.5. The second-order valence-corrected chi connectivity index (χ2v) is 7.20. The summed E-state index contributed by atoms with van der Waals surface area (Å²) in [5, 5.41) is 13.8. The van der Waals surface area contributed by atoms with Gasteiger partial charge in [-0.15, -0.1) is 10.2 Å². The van der Waals surface area contributed by atoms with E-state index in [1.54, 1.807) is 12.4 Å². The van der Waals surface area contributed by atoms with E-state index in [0.717, 1.165) is 12.0 Å². The van der Waals surface area contributed by atoms with Crippen molar-refractivity contribution in [2.75, 3.05) is 17.2 Å². The first-order valence-electron chi connectivity index (χ1n) is 9.83. The van der Waals surface area contributed by atoms with Gasteiger partial charge in [-0.25, -0.2) is 9.78 Å². The predicted octanol–water partition coefficient (Wildman–Crippen LogP) is 4.42. The fourth-order valence-corrected chi connectivity index (χ4v) is 3.23. The molecule has 0 radical (unpaired) electrons. The summed E-state index contributed by atoms with van der Waals surface area (Å²) in [6.45, 7) is 4.79. The number of urea groups is 1. The first-order valence-corrected chi connectivity index (χ1v) is 9.83. The van der Waals surface area contributed by atoms with Crippen LogP contribution in [0.1, 0.15) is 31.9 Å². The quantitative estimate of drug-likeness (QED) is 0.661. The average Bonchev–Trinajstić information content (AvgIpc) is 3.25. The average molecular weight is 401 g/mol. The van der Waals surface area contributed by atoms with Gasteiger partial charge >= 0.3 is 6.03 Å². The van der Waals surface area contributed by atoms with Gasteiger partial charge in [0.05, 0.1) is 6.54 Å². The van der Waals surface area contributed by atoms with Crippen molar-refractivity contribution in [1.82, 2.24) is 19.7 Å². The molecule has 0 saturated heterocycles. The number of rotatable bonds is 5. The van der Waals surface area contributed by atoms with Crippen molar-refractivity contribution in [2.45, 2.75) is 26.3 Å². The molecule has 0 fully saturated rings. The van der Waals surface area contributed by atoms with Crippen LogP contribution in [0.3, 0.4) is 0 Å². The van der Waals surface area contributed by atoms with Gasteiger partial charge in [0.2, 0.25) is 0 Å². The van der Waals surface area contributed by atoms with Crippen LogP contribution in [0.2, 0.25) is 0 Å². The number of allylic oxidation sites excluding steroid dienone is 1. The van der Waals surface area contributed by atoms with E-state index in [9.17, 15) is 4.79 Å². The van der Waals surface area contributed by atoms with Crippen LogP contribution in [0, 0.1) is 0 Å². The molecule has 0 bridgehead atoms. The minimum atomic E-state index is -0.360. The van der Waals surface area contributed by atoms with Crippen LogP contribution in [0.5, 0.6) is 0 Å². The molecule has 0 unspecified atom stereocenters. The van der Waals surface area contributed by atoms with Gasteiger partial charge in [-0.05, 0) is 49.2 Å². The third-order valence-electron chi connectivity index (χ3n) is 4.72. The topological polar surface area (TPSA) is 97.1 Å². The summed E-state index contributed by atoms with van der Waals surface area (Å²) in [5.74, 6) is 1.09. The molecule has 8 heteroatoms. The number of aliphatic imine (C=N–C) groups is 1. The molecule has 4 rings (SSSR count). The Morgan fingerprint density at radius 3 is 2.80 bits per heavy atom. The van der Waals surface area contributed by atoms with Crippen molar-refractivity contribution in [3.05, 3.63) is 60.4 Å². The van der Waals surface area contributed by atoms with E-state index in [-0.39, 0.29) is 12.1 Å². The molecule has 1 aliphatic heterocycles. The number of benzene rings is 1. The van der Waals surface area contributed by atoms with Crippen molar-refractivity contribution in [3.8, 4) is 11.5 Å². The van der Waals surface area contributed by atoms with E-state index in [0.29, 0.717) is 29.6 Å². The third kappa shape index (κ3) is 4.43. The Morgan fingerprint density at radius 2 is 2.00 bits per heavy atom. The van der Waals surface area contributed by atoms with Gasteiger partial charge < -0.3 is 9.88 Å². The Labute approximate surface area is 174 Å². The summed E-state index contributed by atoms with van der Waals surface area (Å²) < 4.78 is 1.93. The van der Waals surface area contributed by atoms with Crippen LogP contribution in [0.4, 0.5) is 16.3 Å². The molecule has 0 saturated carbocycles. The second-order valence-electron chi connectivity index (χ2n) is 7.20. The Bertz CT molecular complexity index is 1110. The molecule has 1 aromatic carbocycles. The number of anilines is 2. The highest BCUT2D eigenvalue weighted by molar-refractivity contribution is 5.99. The molecule has 0 atom stereocenters. The molecule has 0 aliphatic carbocycles. The summed E-state index contributed by atoms with van der Waals surface area (Å²) in [4.78, 5) is 21.2. The molecule has 2 aromatic heterocycles. The number of nitrogens with one attached hydrogen (secondary N) is 2. The number of nitrogens with zero attached hydrogens (tertiary/aromatic N) is 5. The lowest BCUT2D eigenvalue weighted by atomic mass is 10.0. The van der Waals surface area contributed by atoms with Gasteiger partial charge in [0.25, 0.3) is 0 Å². The van der Waals surface area contributed by atoms with Crippen molar-refractivity contribution in [2.24, 2.45) is 4.99 Å². The second kappa shape index (κ2) is 8.69. The van der Waals surface area contributed by atoms with Crippen molar-refractivity contribution >= 4 is 29.3 Å². The number of amides is 2. The number of carbonyl (C=O) groups excluding carboxylic acids is 1. The monoisotopic (exact) mass is 401 g/mol. The Hall–Kier alpha value is -3.81. The van der Waals surface area contributed by atoms with Gasteiger partial charge in [0, 0.05) is 24.4 Å². The van der Waals surface area contributed by atoms with E-state index in [1.165, 1.54) is 5.57 Å². The highest BCUT2D eigenvalue weighted by Crippen LogP contribution is 2.23. The number of carbonyl (C=O) groups is 1. The zero-order valence-electron chi connectivity index (χ0n) is 16.9. The van der Waals surface area contributed by atoms with Crippen molar-refractivity contribution in [3.63, 3.8) is 0 Å². The van der Waals surface area contributed by atoms with Gasteiger partial charge in [-0.1, -0.05) is 24.3 Å². The lowest BCUT2D eigenvalue weighted by molar-refractivity contribution is 0.262. The maximum Gasteiger partial charge on any atom is 0.324 e. The molecule has 30 heavy (non-hydrogen) atoms. The minimum absolute atomic E-state index is 0.203. The first-order chi connectivity index (χ1) is 14.6. The molecule has 3 heterocycles. The summed E-state index contributed by atoms with van der Waals surface area (Å²) in [6.07, 6.45) is 6.49. The van der Waals surface area contributed by atoms with Crippen molar-refractivity contribution in [1.29, 1.82) is 0 Å². The lowest BCUT2D eigenvalue weighted by Gasteiger charge is -2.12. The third-order valence-corrected chi connectivity index (χ3v) is 4.72. The highest BCUT2D eigenvalue weighted by Gasteiger charge is 2.13. The smallest absolute Gasteiger partial charge is 0.310 e. The van der Waals surface area contributed by atoms with Crippen LogP contribution in [0.15, 0.2) is 59.9 Å². The zero-order valence-corrected chi connectivity index (χ0v) is 16.9. The number of dihydropyridines is 1. The predicted molar refractivity (Wildman–Crippen MR) is 119 cm³/mol. The van der Waals surface area contributed by atoms with E-state index < -0.39 is 0 Å². The minimum Gasteiger partial charge on any atom is -0.310 e. The van der Waals surface area contributed by atoms with E-state index in [1.807, 2.05) is 61.0 Å². The molecule has 2 amide bonds. The fourth-order valence-electron chi connectivity index (χ4n) is 3.23. The normalized spacial score (nSPS) is 13.2. The summed E-state index contributed by atoms with van der Waals surface area (Å²) in [5.41, 5.74) is 3.64. The molecule has 152 valence electrons. The molecule has 2 N–H and O–H groups in total. The Balaban J connectivity index is 1.46. The largest absolute Gasteiger partial charge is 0.324 e. The maximum absolute atomic E-state index is 12.5. The lowest BCUT2D eigenvalue weighted by Crippen LogP contribution is -2.20. The SMILES string of the molecule is CC(C)n1cnnc1-c1cccc(NC(=O)Nc2cccc(C3=CCN=CC3)c2)n1. The van der Waals surface area contributed by atoms with E-state index in [2.05, 4.69) is 36.9 Å². The van der Waals surface area contributed by atoms with Crippen LogP contribution in [-0.2, 0) is 0 Å². The van der Waals surface area contributed by atoms with Gasteiger partial charge in [-0.3, -0.25) is 10.3 Å². The molecule has 0 spiro atoms. The fraction of sp³-hybridized carbons (Fsp3) is 0.227. The van der Waals surface area contributed by atoms with Gasteiger partial charge in [0.15, 0.2) is 5.82 Å². The Kier molecular flexibility index (Phi) is 5.65. The molecule has 8 nitrogen and oxygen atoms in total. The van der Waals surface area contributed by atoms with Crippen LogP contribution < -0.4 is 10.6 Å². The molecular weight excluding hydrogens is 378 g/mol. The first kappa shape index (κ1) is 19.5. The van der Waals surface area contributed by atoms with Crippen molar-refractivity contribution < 1.29 is 4.79 Å². The zero-order chi connectivity index (χ0) is 20.9. The standard InChI is InChI=1S/C22H23N7O/c1-15(2)29-14-24-28-21(29)19-7-4-8-20(26-19)27-22(30)25-18-6-3-5-17(13-18)16-9-11-23-12-10-16/h3-9,12-15H,10-11H2,1-2H3,(H2,25,26,27,30). The van der Waals surface area contributed by atoms with Crippen LogP contribution >= 0.6 is 0 Å². The summed E-state index contributed by atoms with van der Waals surface area (Å²) >= 11 is 0. The van der Waals surface area contributed by atoms with Gasteiger partial charge in [-0.2, -0.15) is 0 Å². The number of hydrogen-bond acceptors (Lipinski definition) is 5. The van der Waals surface area contributed by atoms with E-state index in [4.69, 9.17) is 0 Å². The van der Waals surface area contributed by atoms with Gasteiger partial charge in [0.1, 0.15) is 17.8 Å².